The molecule has 2 aromatic rings. The van der Waals surface area contributed by atoms with Gasteiger partial charge < -0.3 is 14.7 Å². The zero-order valence-electron chi connectivity index (χ0n) is 11.0. The summed E-state index contributed by atoms with van der Waals surface area (Å²) in [6, 6.07) is 8.67. The lowest BCUT2D eigenvalue weighted by atomic mass is 10.1. The van der Waals surface area contributed by atoms with Crippen molar-refractivity contribution in [3.8, 4) is 11.5 Å². The zero-order valence-corrected chi connectivity index (χ0v) is 11.0. The number of hydrogen-bond acceptors (Lipinski definition) is 4. The van der Waals surface area contributed by atoms with Gasteiger partial charge in [-0.05, 0) is 23.8 Å². The number of carbonyl (C=O) groups is 1. The van der Waals surface area contributed by atoms with Crippen molar-refractivity contribution < 1.29 is 14.6 Å². The fourth-order valence-corrected chi connectivity index (χ4v) is 2.50. The topological polar surface area (TPSA) is 62.7 Å². The Morgan fingerprint density at radius 1 is 1.35 bits per heavy atom. The number of benzene rings is 1. The molecule has 0 saturated heterocycles. The number of aliphatic carboxylic acids is 1. The SMILES string of the molecule is CN1c2c(cccc2Oc2ccncc2)CC1C(=O)O. The molecule has 1 aliphatic rings. The molecule has 0 amide bonds. The fraction of sp³-hybridized carbons (Fsp3) is 0.200. The zero-order chi connectivity index (χ0) is 14.1. The Hall–Kier alpha value is -2.56. The van der Waals surface area contributed by atoms with Crippen molar-refractivity contribution in [1.29, 1.82) is 0 Å². The van der Waals surface area contributed by atoms with Crippen LogP contribution in [0.2, 0.25) is 0 Å². The summed E-state index contributed by atoms with van der Waals surface area (Å²) in [6.45, 7) is 0. The Balaban J connectivity index is 1.96. The molecule has 0 radical (unpaired) electrons. The Kier molecular flexibility index (Phi) is 3.02. The number of pyridine rings is 1. The first-order chi connectivity index (χ1) is 9.66. The summed E-state index contributed by atoms with van der Waals surface area (Å²) >= 11 is 0. The van der Waals surface area contributed by atoms with E-state index in [2.05, 4.69) is 4.98 Å². The van der Waals surface area contributed by atoms with Crippen LogP contribution < -0.4 is 9.64 Å². The minimum atomic E-state index is -0.821. The number of ether oxygens (including phenoxy) is 1. The smallest absolute Gasteiger partial charge is 0.326 e. The summed E-state index contributed by atoms with van der Waals surface area (Å²) < 4.78 is 5.85. The first-order valence-corrected chi connectivity index (χ1v) is 6.32. The van der Waals surface area contributed by atoms with E-state index in [1.807, 2.05) is 18.2 Å². The molecular weight excluding hydrogens is 256 g/mol. The molecule has 0 fully saturated rings. The molecule has 2 heterocycles. The lowest BCUT2D eigenvalue weighted by molar-refractivity contribution is -0.138. The Morgan fingerprint density at radius 2 is 2.10 bits per heavy atom. The molecule has 0 spiro atoms. The van der Waals surface area contributed by atoms with Crippen LogP contribution in [0, 0.1) is 0 Å². The van der Waals surface area contributed by atoms with Crippen LogP contribution in [0.4, 0.5) is 5.69 Å². The van der Waals surface area contributed by atoms with Gasteiger partial charge in [-0.2, -0.15) is 0 Å². The van der Waals surface area contributed by atoms with Crippen molar-refractivity contribution in [3.63, 3.8) is 0 Å². The molecule has 0 saturated carbocycles. The van der Waals surface area contributed by atoms with E-state index in [-0.39, 0.29) is 0 Å². The van der Waals surface area contributed by atoms with Gasteiger partial charge in [-0.1, -0.05) is 12.1 Å². The van der Waals surface area contributed by atoms with Crippen LogP contribution in [0.15, 0.2) is 42.7 Å². The van der Waals surface area contributed by atoms with E-state index in [1.165, 1.54) is 0 Å². The minimum absolute atomic E-state index is 0.495. The quantitative estimate of drug-likeness (QED) is 0.927. The van der Waals surface area contributed by atoms with Crippen LogP contribution in [-0.2, 0) is 11.2 Å². The van der Waals surface area contributed by atoms with Gasteiger partial charge >= 0.3 is 5.97 Å². The van der Waals surface area contributed by atoms with Crippen molar-refractivity contribution >= 4 is 11.7 Å². The maximum atomic E-state index is 11.3. The van der Waals surface area contributed by atoms with Gasteiger partial charge in [0.2, 0.25) is 0 Å². The molecule has 5 heteroatoms. The molecule has 20 heavy (non-hydrogen) atoms. The van der Waals surface area contributed by atoms with Gasteiger partial charge in [0.15, 0.2) is 5.75 Å². The molecule has 3 rings (SSSR count). The van der Waals surface area contributed by atoms with Crippen LogP contribution in [0.3, 0.4) is 0 Å². The third-order valence-corrected chi connectivity index (χ3v) is 3.48. The highest BCUT2D eigenvalue weighted by Crippen LogP contribution is 2.40. The number of fused-ring (bicyclic) bond motifs is 1. The Morgan fingerprint density at radius 3 is 2.80 bits per heavy atom. The maximum absolute atomic E-state index is 11.3. The van der Waals surface area contributed by atoms with E-state index >= 15 is 0 Å². The van der Waals surface area contributed by atoms with Gasteiger partial charge in [0.25, 0.3) is 0 Å². The first kappa shape index (κ1) is 12.5. The Labute approximate surface area is 116 Å². The standard InChI is InChI=1S/C15H14N2O3/c1-17-12(15(18)19)9-10-3-2-4-13(14(10)17)20-11-5-7-16-8-6-11/h2-8,12H,9H2,1H3,(H,18,19). The molecule has 1 atom stereocenters. The normalized spacial score (nSPS) is 16.9. The molecule has 0 bridgehead atoms. The molecule has 1 aromatic heterocycles. The second-order valence-corrected chi connectivity index (χ2v) is 4.72. The fourth-order valence-electron chi connectivity index (χ4n) is 2.50. The second kappa shape index (κ2) is 4.85. The van der Waals surface area contributed by atoms with Crippen LogP contribution in [-0.4, -0.2) is 29.1 Å². The van der Waals surface area contributed by atoms with Crippen molar-refractivity contribution in [2.75, 3.05) is 11.9 Å². The van der Waals surface area contributed by atoms with E-state index in [9.17, 15) is 9.90 Å². The second-order valence-electron chi connectivity index (χ2n) is 4.72. The molecule has 1 aliphatic heterocycles. The Bertz CT molecular complexity index is 643. The van der Waals surface area contributed by atoms with Crippen molar-refractivity contribution in [2.45, 2.75) is 12.5 Å². The van der Waals surface area contributed by atoms with Gasteiger partial charge in [-0.15, -0.1) is 0 Å². The highest BCUT2D eigenvalue weighted by molar-refractivity contribution is 5.84. The average Bonchev–Trinajstić information content (AvgIpc) is 2.79. The van der Waals surface area contributed by atoms with Crippen molar-refractivity contribution in [2.24, 2.45) is 0 Å². The predicted octanol–water partition coefficient (Wildman–Crippen LogP) is 2.32. The summed E-state index contributed by atoms with van der Waals surface area (Å²) in [7, 11) is 1.78. The van der Waals surface area contributed by atoms with Gasteiger partial charge in [0.1, 0.15) is 11.8 Å². The summed E-state index contributed by atoms with van der Waals surface area (Å²) in [5.41, 5.74) is 1.84. The van der Waals surface area contributed by atoms with E-state index < -0.39 is 12.0 Å². The van der Waals surface area contributed by atoms with Crippen LogP contribution in [0.25, 0.3) is 0 Å². The number of likely N-dealkylation sites (N-methyl/N-ethyl adjacent to an activating group) is 1. The van der Waals surface area contributed by atoms with Gasteiger partial charge in [0, 0.05) is 25.9 Å². The van der Waals surface area contributed by atoms with E-state index in [1.54, 1.807) is 36.5 Å². The average molecular weight is 270 g/mol. The number of carboxylic acid groups (broad SMARTS) is 1. The van der Waals surface area contributed by atoms with Gasteiger partial charge in [-0.3, -0.25) is 4.98 Å². The number of aromatic nitrogens is 1. The first-order valence-electron chi connectivity index (χ1n) is 6.32. The van der Waals surface area contributed by atoms with Gasteiger partial charge in [0.05, 0.1) is 5.69 Å². The van der Waals surface area contributed by atoms with E-state index in [0.29, 0.717) is 17.9 Å². The number of carboxylic acids is 1. The highest BCUT2D eigenvalue weighted by atomic mass is 16.5. The molecule has 0 aliphatic carbocycles. The monoisotopic (exact) mass is 270 g/mol. The third kappa shape index (κ3) is 2.07. The highest BCUT2D eigenvalue weighted by Gasteiger charge is 2.34. The lowest BCUT2D eigenvalue weighted by Crippen LogP contribution is -2.35. The molecule has 1 unspecified atom stereocenters. The molecule has 5 nitrogen and oxygen atoms in total. The number of para-hydroxylation sites is 1. The summed E-state index contributed by atoms with van der Waals surface area (Å²) in [5, 5.41) is 9.25. The summed E-state index contributed by atoms with van der Waals surface area (Å²) in [6.07, 6.45) is 3.80. The predicted molar refractivity (Wildman–Crippen MR) is 74.3 cm³/mol. The number of rotatable bonds is 3. The van der Waals surface area contributed by atoms with Crippen LogP contribution in [0.5, 0.6) is 11.5 Å². The van der Waals surface area contributed by atoms with Gasteiger partial charge in [-0.25, -0.2) is 4.79 Å². The largest absolute Gasteiger partial charge is 0.480 e. The number of hydrogen-bond donors (Lipinski definition) is 1. The maximum Gasteiger partial charge on any atom is 0.326 e. The van der Waals surface area contributed by atoms with Crippen molar-refractivity contribution in [3.05, 3.63) is 48.3 Å². The minimum Gasteiger partial charge on any atom is -0.480 e. The van der Waals surface area contributed by atoms with Crippen LogP contribution >= 0.6 is 0 Å². The van der Waals surface area contributed by atoms with Crippen molar-refractivity contribution in [1.82, 2.24) is 4.98 Å². The summed E-state index contributed by atoms with van der Waals surface area (Å²) in [4.78, 5) is 17.0. The molecule has 1 N–H and O–H groups in total. The molecular formula is C15H14N2O3. The third-order valence-electron chi connectivity index (χ3n) is 3.48. The molecule has 102 valence electrons. The summed E-state index contributed by atoms with van der Waals surface area (Å²) in [5.74, 6) is 0.527. The van der Waals surface area contributed by atoms with E-state index in [4.69, 9.17) is 4.74 Å². The molecule has 1 aromatic carbocycles. The number of anilines is 1. The van der Waals surface area contributed by atoms with E-state index in [0.717, 1.165) is 11.3 Å². The lowest BCUT2D eigenvalue weighted by Gasteiger charge is -2.21. The van der Waals surface area contributed by atoms with Crippen LogP contribution in [0.1, 0.15) is 5.56 Å². The number of nitrogens with zero attached hydrogens (tertiary/aromatic N) is 2.